The molecule has 0 radical (unpaired) electrons. The Bertz CT molecular complexity index is 142. The summed E-state index contributed by atoms with van der Waals surface area (Å²) in [5.74, 6) is 0.874. The molecule has 0 aliphatic heterocycles. The Morgan fingerprint density at radius 1 is 1.50 bits per heavy atom. The monoisotopic (exact) mass is 138 g/mol. The van der Waals surface area contributed by atoms with Crippen LogP contribution in [-0.2, 0) is 0 Å². The van der Waals surface area contributed by atoms with E-state index in [2.05, 4.69) is 20.8 Å². The summed E-state index contributed by atoms with van der Waals surface area (Å²) in [5, 5.41) is 0. The molecule has 0 nitrogen and oxygen atoms in total. The van der Waals surface area contributed by atoms with Crippen LogP contribution in [0.4, 0.5) is 0 Å². The molecule has 0 spiro atoms. The summed E-state index contributed by atoms with van der Waals surface area (Å²) in [6, 6.07) is 0. The van der Waals surface area contributed by atoms with Gasteiger partial charge in [0.05, 0.1) is 0 Å². The number of hydrogen-bond acceptors (Lipinski definition) is 0. The van der Waals surface area contributed by atoms with Crippen LogP contribution in [0.5, 0.6) is 0 Å². The zero-order chi connectivity index (χ0) is 7.56. The zero-order valence-corrected chi connectivity index (χ0v) is 7.41. The van der Waals surface area contributed by atoms with Crippen molar-refractivity contribution < 1.29 is 0 Å². The van der Waals surface area contributed by atoms with E-state index in [0.717, 1.165) is 5.92 Å². The van der Waals surface area contributed by atoms with E-state index in [1.165, 1.54) is 25.7 Å². The topological polar surface area (TPSA) is 0 Å². The normalized spacial score (nSPS) is 27.3. The van der Waals surface area contributed by atoms with Crippen molar-refractivity contribution >= 4 is 0 Å². The standard InChI is InChI=1S/C10H18/c1-4-10-8(2)6-5-7-9(10)3/h8H,4-7H2,1-3H3/t8-/m1/s1. The number of rotatable bonds is 1. The van der Waals surface area contributed by atoms with Crippen LogP contribution in [0.1, 0.15) is 46.5 Å². The van der Waals surface area contributed by atoms with Gasteiger partial charge in [0.15, 0.2) is 0 Å². The van der Waals surface area contributed by atoms with Crippen molar-refractivity contribution in [2.45, 2.75) is 46.5 Å². The minimum absolute atomic E-state index is 0.874. The van der Waals surface area contributed by atoms with Crippen LogP contribution in [0.3, 0.4) is 0 Å². The van der Waals surface area contributed by atoms with E-state index in [4.69, 9.17) is 0 Å². The third-order valence-electron chi connectivity index (χ3n) is 2.71. The van der Waals surface area contributed by atoms with Gasteiger partial charge in [0.25, 0.3) is 0 Å². The fraction of sp³-hybridized carbons (Fsp3) is 0.800. The second-order valence-corrected chi connectivity index (χ2v) is 3.45. The van der Waals surface area contributed by atoms with Gasteiger partial charge in [-0.25, -0.2) is 0 Å². The molecule has 1 aliphatic carbocycles. The van der Waals surface area contributed by atoms with Gasteiger partial charge < -0.3 is 0 Å². The Kier molecular flexibility index (Phi) is 2.53. The van der Waals surface area contributed by atoms with Crippen LogP contribution in [0.15, 0.2) is 11.1 Å². The molecule has 1 rings (SSSR count). The van der Waals surface area contributed by atoms with Gasteiger partial charge in [0, 0.05) is 0 Å². The van der Waals surface area contributed by atoms with Gasteiger partial charge >= 0.3 is 0 Å². The highest BCUT2D eigenvalue weighted by molar-refractivity contribution is 5.16. The predicted molar refractivity (Wildman–Crippen MR) is 46.0 cm³/mol. The van der Waals surface area contributed by atoms with Crippen LogP contribution < -0.4 is 0 Å². The van der Waals surface area contributed by atoms with E-state index in [1.807, 2.05) is 0 Å². The molecule has 1 atom stereocenters. The fourth-order valence-corrected chi connectivity index (χ4v) is 2.08. The Morgan fingerprint density at radius 3 is 2.60 bits per heavy atom. The Labute approximate surface area is 64.3 Å². The Balaban J connectivity index is 2.73. The highest BCUT2D eigenvalue weighted by Gasteiger charge is 2.14. The van der Waals surface area contributed by atoms with Crippen molar-refractivity contribution in [3.8, 4) is 0 Å². The summed E-state index contributed by atoms with van der Waals surface area (Å²) in [4.78, 5) is 0. The first-order valence-electron chi connectivity index (χ1n) is 4.44. The number of allylic oxidation sites excluding steroid dienone is 2. The summed E-state index contributed by atoms with van der Waals surface area (Å²) in [6.07, 6.45) is 5.46. The third kappa shape index (κ3) is 1.42. The maximum atomic E-state index is 2.36. The second kappa shape index (κ2) is 3.23. The molecule has 1 aliphatic rings. The van der Waals surface area contributed by atoms with E-state index in [1.54, 1.807) is 11.1 Å². The van der Waals surface area contributed by atoms with Crippen LogP contribution in [-0.4, -0.2) is 0 Å². The molecule has 0 heteroatoms. The van der Waals surface area contributed by atoms with E-state index in [9.17, 15) is 0 Å². The van der Waals surface area contributed by atoms with E-state index < -0.39 is 0 Å². The lowest BCUT2D eigenvalue weighted by molar-refractivity contribution is 0.521. The minimum atomic E-state index is 0.874. The van der Waals surface area contributed by atoms with Gasteiger partial charge in [-0.2, -0.15) is 0 Å². The van der Waals surface area contributed by atoms with Gasteiger partial charge in [-0.05, 0) is 38.5 Å². The molecule has 0 fully saturated rings. The van der Waals surface area contributed by atoms with Gasteiger partial charge in [0.2, 0.25) is 0 Å². The summed E-state index contributed by atoms with van der Waals surface area (Å²) in [6.45, 7) is 6.94. The highest BCUT2D eigenvalue weighted by atomic mass is 14.2. The summed E-state index contributed by atoms with van der Waals surface area (Å²) < 4.78 is 0. The van der Waals surface area contributed by atoms with Crippen molar-refractivity contribution in [2.24, 2.45) is 5.92 Å². The fourth-order valence-electron chi connectivity index (χ4n) is 2.08. The van der Waals surface area contributed by atoms with Gasteiger partial charge in [-0.3, -0.25) is 0 Å². The van der Waals surface area contributed by atoms with Gasteiger partial charge in [0.1, 0.15) is 0 Å². The predicted octanol–water partition coefficient (Wildman–Crippen LogP) is 3.53. The molecular weight excluding hydrogens is 120 g/mol. The van der Waals surface area contributed by atoms with Crippen LogP contribution >= 0.6 is 0 Å². The third-order valence-corrected chi connectivity index (χ3v) is 2.71. The van der Waals surface area contributed by atoms with Gasteiger partial charge in [-0.15, -0.1) is 0 Å². The summed E-state index contributed by atoms with van der Waals surface area (Å²) >= 11 is 0. The lowest BCUT2D eigenvalue weighted by Gasteiger charge is -2.23. The Morgan fingerprint density at radius 2 is 2.20 bits per heavy atom. The highest BCUT2D eigenvalue weighted by Crippen LogP contribution is 2.31. The van der Waals surface area contributed by atoms with E-state index in [0.29, 0.717) is 0 Å². The van der Waals surface area contributed by atoms with E-state index >= 15 is 0 Å². The smallest absolute Gasteiger partial charge is 0.0229 e. The van der Waals surface area contributed by atoms with Crippen LogP contribution in [0, 0.1) is 5.92 Å². The van der Waals surface area contributed by atoms with Crippen molar-refractivity contribution in [1.29, 1.82) is 0 Å². The van der Waals surface area contributed by atoms with Crippen molar-refractivity contribution in [1.82, 2.24) is 0 Å². The molecular formula is C10H18. The first kappa shape index (κ1) is 7.84. The molecule has 0 bridgehead atoms. The first-order valence-corrected chi connectivity index (χ1v) is 4.44. The largest absolute Gasteiger partial charge is 0.0739 e. The molecule has 0 N–H and O–H groups in total. The molecule has 0 aromatic heterocycles. The maximum Gasteiger partial charge on any atom is -0.0229 e. The summed E-state index contributed by atoms with van der Waals surface area (Å²) in [7, 11) is 0. The molecule has 58 valence electrons. The zero-order valence-electron chi connectivity index (χ0n) is 7.41. The van der Waals surface area contributed by atoms with Crippen molar-refractivity contribution in [3.63, 3.8) is 0 Å². The molecule has 0 saturated heterocycles. The summed E-state index contributed by atoms with van der Waals surface area (Å²) in [5.41, 5.74) is 3.40. The van der Waals surface area contributed by atoms with Crippen LogP contribution in [0.25, 0.3) is 0 Å². The molecule has 0 unspecified atom stereocenters. The minimum Gasteiger partial charge on any atom is -0.0739 e. The Hall–Kier alpha value is -0.260. The van der Waals surface area contributed by atoms with Crippen molar-refractivity contribution in [3.05, 3.63) is 11.1 Å². The van der Waals surface area contributed by atoms with Gasteiger partial charge in [-0.1, -0.05) is 25.0 Å². The average Bonchev–Trinajstić information content (AvgIpc) is 1.88. The molecule has 0 aromatic carbocycles. The molecule has 0 amide bonds. The van der Waals surface area contributed by atoms with E-state index in [-0.39, 0.29) is 0 Å². The quantitative estimate of drug-likeness (QED) is 0.486. The number of hydrogen-bond donors (Lipinski definition) is 0. The maximum absolute atomic E-state index is 2.36. The van der Waals surface area contributed by atoms with Crippen molar-refractivity contribution in [2.75, 3.05) is 0 Å². The molecule has 0 saturated carbocycles. The molecule has 10 heavy (non-hydrogen) atoms. The molecule has 0 aromatic rings. The lowest BCUT2D eigenvalue weighted by Crippen LogP contribution is -2.06. The SMILES string of the molecule is CCC1=C(C)CCC[C@H]1C. The lowest BCUT2D eigenvalue weighted by atomic mass is 9.83. The average molecular weight is 138 g/mol. The van der Waals surface area contributed by atoms with Crippen LogP contribution in [0.2, 0.25) is 0 Å². The second-order valence-electron chi connectivity index (χ2n) is 3.45. The molecule has 0 heterocycles. The first-order chi connectivity index (χ1) is 4.75.